The SMILES string of the molecule is O=C(c1cc(F)ccc1F)N1CCN(S(=O)(=O)c2cccc(Br)c2)CC1. The van der Waals surface area contributed by atoms with E-state index in [4.69, 9.17) is 0 Å². The molecule has 0 unspecified atom stereocenters. The fraction of sp³-hybridized carbons (Fsp3) is 0.235. The van der Waals surface area contributed by atoms with Gasteiger partial charge in [0, 0.05) is 30.7 Å². The molecule has 138 valence electrons. The van der Waals surface area contributed by atoms with E-state index in [1.807, 2.05) is 0 Å². The summed E-state index contributed by atoms with van der Waals surface area (Å²) < 4.78 is 54.3. The Morgan fingerprint density at radius 3 is 2.35 bits per heavy atom. The zero-order valence-electron chi connectivity index (χ0n) is 13.5. The van der Waals surface area contributed by atoms with E-state index in [0.29, 0.717) is 4.47 Å². The fourth-order valence-electron chi connectivity index (χ4n) is 2.74. The van der Waals surface area contributed by atoms with Crippen LogP contribution in [0.5, 0.6) is 0 Å². The molecule has 2 aromatic rings. The number of piperazine rings is 1. The predicted octanol–water partition coefficient (Wildman–Crippen LogP) is 2.87. The second-order valence-corrected chi connectivity index (χ2v) is 8.63. The molecule has 0 atom stereocenters. The van der Waals surface area contributed by atoms with E-state index in [2.05, 4.69) is 15.9 Å². The number of sulfonamides is 1. The summed E-state index contributed by atoms with van der Waals surface area (Å²) in [6.45, 7) is 0.360. The average molecular weight is 445 g/mol. The summed E-state index contributed by atoms with van der Waals surface area (Å²) >= 11 is 3.24. The van der Waals surface area contributed by atoms with E-state index in [1.54, 1.807) is 12.1 Å². The summed E-state index contributed by atoms with van der Waals surface area (Å²) in [7, 11) is -3.68. The molecular formula is C17H15BrF2N2O3S. The Hall–Kier alpha value is -1.84. The molecule has 1 aliphatic heterocycles. The van der Waals surface area contributed by atoms with Crippen LogP contribution in [0.1, 0.15) is 10.4 Å². The van der Waals surface area contributed by atoms with Crippen molar-refractivity contribution < 1.29 is 22.0 Å². The maximum absolute atomic E-state index is 13.8. The Labute approximate surface area is 158 Å². The van der Waals surface area contributed by atoms with Crippen LogP contribution in [0.15, 0.2) is 51.8 Å². The number of nitrogens with zero attached hydrogens (tertiary/aromatic N) is 2. The summed E-state index contributed by atoms with van der Waals surface area (Å²) in [5, 5.41) is 0. The van der Waals surface area contributed by atoms with E-state index >= 15 is 0 Å². The maximum Gasteiger partial charge on any atom is 0.257 e. The van der Waals surface area contributed by atoms with Crippen LogP contribution in [0.3, 0.4) is 0 Å². The Morgan fingerprint density at radius 2 is 1.69 bits per heavy atom. The maximum atomic E-state index is 13.8. The average Bonchev–Trinajstić information content (AvgIpc) is 2.63. The molecule has 0 spiro atoms. The predicted molar refractivity (Wildman–Crippen MR) is 95.2 cm³/mol. The lowest BCUT2D eigenvalue weighted by atomic mass is 10.1. The minimum absolute atomic E-state index is 0.0809. The number of hydrogen-bond acceptors (Lipinski definition) is 3. The highest BCUT2D eigenvalue weighted by Gasteiger charge is 2.31. The molecule has 1 aliphatic rings. The molecule has 0 saturated carbocycles. The van der Waals surface area contributed by atoms with Gasteiger partial charge in [-0.05, 0) is 36.4 Å². The number of hydrogen-bond donors (Lipinski definition) is 0. The molecule has 0 aliphatic carbocycles. The van der Waals surface area contributed by atoms with Gasteiger partial charge in [0.2, 0.25) is 10.0 Å². The van der Waals surface area contributed by atoms with Gasteiger partial charge >= 0.3 is 0 Å². The van der Waals surface area contributed by atoms with Gasteiger partial charge in [-0.3, -0.25) is 4.79 Å². The van der Waals surface area contributed by atoms with Crippen molar-refractivity contribution in [2.45, 2.75) is 4.90 Å². The van der Waals surface area contributed by atoms with E-state index in [9.17, 15) is 22.0 Å². The normalized spacial score (nSPS) is 15.9. The first-order chi connectivity index (χ1) is 12.3. The molecule has 0 aromatic heterocycles. The number of benzene rings is 2. The van der Waals surface area contributed by atoms with Gasteiger partial charge < -0.3 is 4.90 Å². The zero-order valence-corrected chi connectivity index (χ0v) is 15.9. The summed E-state index contributed by atoms with van der Waals surface area (Å²) in [5.41, 5.74) is -0.353. The monoisotopic (exact) mass is 444 g/mol. The van der Waals surface area contributed by atoms with Gasteiger partial charge in [-0.2, -0.15) is 4.31 Å². The molecule has 3 rings (SSSR count). The second kappa shape index (κ2) is 7.42. The van der Waals surface area contributed by atoms with Crippen LogP contribution in [-0.2, 0) is 10.0 Å². The summed E-state index contributed by atoms with van der Waals surface area (Å²) in [5.74, 6) is -2.16. The highest BCUT2D eigenvalue weighted by atomic mass is 79.9. The lowest BCUT2D eigenvalue weighted by molar-refractivity contribution is 0.0692. The molecule has 0 N–H and O–H groups in total. The number of halogens is 3. The van der Waals surface area contributed by atoms with E-state index < -0.39 is 27.6 Å². The van der Waals surface area contributed by atoms with E-state index in [1.165, 1.54) is 21.3 Å². The lowest BCUT2D eigenvalue weighted by Crippen LogP contribution is -2.50. The highest BCUT2D eigenvalue weighted by Crippen LogP contribution is 2.22. The summed E-state index contributed by atoms with van der Waals surface area (Å²) in [6.07, 6.45) is 0. The number of carbonyl (C=O) groups excluding carboxylic acids is 1. The van der Waals surface area contributed by atoms with Crippen LogP contribution in [0.4, 0.5) is 8.78 Å². The molecule has 1 saturated heterocycles. The Balaban J connectivity index is 1.73. The molecular weight excluding hydrogens is 430 g/mol. The number of amides is 1. The zero-order chi connectivity index (χ0) is 18.9. The molecule has 0 radical (unpaired) electrons. The quantitative estimate of drug-likeness (QED) is 0.731. The number of rotatable bonds is 3. The van der Waals surface area contributed by atoms with Crippen molar-refractivity contribution in [3.63, 3.8) is 0 Å². The van der Waals surface area contributed by atoms with E-state index in [0.717, 1.165) is 18.2 Å². The second-order valence-electron chi connectivity index (χ2n) is 5.78. The van der Waals surface area contributed by atoms with Crippen molar-refractivity contribution in [1.82, 2.24) is 9.21 Å². The van der Waals surface area contributed by atoms with Crippen molar-refractivity contribution >= 4 is 31.9 Å². The van der Waals surface area contributed by atoms with Crippen LogP contribution >= 0.6 is 15.9 Å². The van der Waals surface area contributed by atoms with Crippen LogP contribution in [-0.4, -0.2) is 49.7 Å². The molecule has 1 amide bonds. The third-order valence-corrected chi connectivity index (χ3v) is 6.51. The standard InChI is InChI=1S/C17H15BrF2N2O3S/c18-12-2-1-3-14(10-12)26(24,25)22-8-6-21(7-9-22)17(23)15-11-13(19)4-5-16(15)20/h1-5,10-11H,6-9H2. The van der Waals surface area contributed by atoms with Gasteiger partial charge in [0.05, 0.1) is 10.5 Å². The third kappa shape index (κ3) is 3.79. The van der Waals surface area contributed by atoms with Gasteiger partial charge in [0.15, 0.2) is 0 Å². The highest BCUT2D eigenvalue weighted by molar-refractivity contribution is 9.10. The minimum atomic E-state index is -3.68. The summed E-state index contributed by atoms with van der Waals surface area (Å²) in [4.78, 5) is 13.9. The largest absolute Gasteiger partial charge is 0.336 e. The van der Waals surface area contributed by atoms with Gasteiger partial charge in [-0.1, -0.05) is 22.0 Å². The molecule has 9 heteroatoms. The van der Waals surface area contributed by atoms with Gasteiger partial charge in [0.25, 0.3) is 5.91 Å². The lowest BCUT2D eigenvalue weighted by Gasteiger charge is -2.34. The van der Waals surface area contributed by atoms with Gasteiger partial charge in [0.1, 0.15) is 11.6 Å². The van der Waals surface area contributed by atoms with Crippen molar-refractivity contribution in [3.8, 4) is 0 Å². The fourth-order valence-corrected chi connectivity index (χ4v) is 4.76. The van der Waals surface area contributed by atoms with Crippen LogP contribution in [0, 0.1) is 11.6 Å². The van der Waals surface area contributed by atoms with Crippen LogP contribution < -0.4 is 0 Å². The first kappa shape index (κ1) is 18.9. The third-order valence-electron chi connectivity index (χ3n) is 4.12. The topological polar surface area (TPSA) is 57.7 Å². The molecule has 1 heterocycles. The Morgan fingerprint density at radius 1 is 1.00 bits per heavy atom. The molecule has 0 bridgehead atoms. The Bertz CT molecular complexity index is 945. The van der Waals surface area contributed by atoms with Crippen molar-refractivity contribution in [3.05, 3.63) is 64.1 Å². The van der Waals surface area contributed by atoms with E-state index in [-0.39, 0.29) is 36.6 Å². The minimum Gasteiger partial charge on any atom is -0.336 e. The first-order valence-corrected chi connectivity index (χ1v) is 10.0. The number of carbonyl (C=O) groups is 1. The van der Waals surface area contributed by atoms with Crippen LogP contribution in [0.25, 0.3) is 0 Å². The smallest absolute Gasteiger partial charge is 0.257 e. The Kier molecular flexibility index (Phi) is 5.40. The van der Waals surface area contributed by atoms with Crippen molar-refractivity contribution in [1.29, 1.82) is 0 Å². The van der Waals surface area contributed by atoms with Crippen LogP contribution in [0.2, 0.25) is 0 Å². The summed E-state index contributed by atoms with van der Waals surface area (Å²) in [6, 6.07) is 9.05. The molecule has 5 nitrogen and oxygen atoms in total. The molecule has 2 aromatic carbocycles. The molecule has 26 heavy (non-hydrogen) atoms. The molecule has 1 fully saturated rings. The van der Waals surface area contributed by atoms with Gasteiger partial charge in [-0.15, -0.1) is 0 Å². The van der Waals surface area contributed by atoms with Gasteiger partial charge in [-0.25, -0.2) is 17.2 Å². The van der Waals surface area contributed by atoms with Crippen molar-refractivity contribution in [2.75, 3.05) is 26.2 Å². The van der Waals surface area contributed by atoms with Crippen molar-refractivity contribution in [2.24, 2.45) is 0 Å². The first-order valence-electron chi connectivity index (χ1n) is 7.79.